The fourth-order valence-corrected chi connectivity index (χ4v) is 3.66. The molecule has 30 heavy (non-hydrogen) atoms. The van der Waals surface area contributed by atoms with E-state index in [1.807, 2.05) is 12.1 Å². The summed E-state index contributed by atoms with van der Waals surface area (Å²) in [5.41, 5.74) is -0.764. The van der Waals surface area contributed by atoms with Crippen molar-refractivity contribution in [2.24, 2.45) is 0 Å². The van der Waals surface area contributed by atoms with Crippen molar-refractivity contribution in [1.82, 2.24) is 4.90 Å². The number of amides is 1. The van der Waals surface area contributed by atoms with Gasteiger partial charge in [-0.25, -0.2) is 14.4 Å². The molecule has 1 atom stereocenters. The Kier molecular flexibility index (Phi) is 4.97. The van der Waals surface area contributed by atoms with E-state index in [1.165, 1.54) is 11.0 Å². The van der Waals surface area contributed by atoms with Crippen LogP contribution < -0.4 is 10.4 Å². The number of hydrogen-bond donors (Lipinski definition) is 0. The predicted molar refractivity (Wildman–Crippen MR) is 112 cm³/mol. The summed E-state index contributed by atoms with van der Waals surface area (Å²) in [6.07, 6.45) is 0.668. The molecule has 0 aliphatic carbocycles. The van der Waals surface area contributed by atoms with E-state index in [9.17, 15) is 14.4 Å². The lowest BCUT2D eigenvalue weighted by molar-refractivity contribution is -0.139. The van der Waals surface area contributed by atoms with Crippen LogP contribution in [0, 0.1) is 0 Å². The standard InChI is InChI=1S/C23H23NO6/c1-23(2,3)30-22(27)24-12-6-9-18(24)21(26)28-14-10-11-16-15-7-4-5-8-17(15)20(25)29-19(16)13-14/h4-5,7-8,10-11,13,18H,6,9,12H2,1-3H3/t18-/m1/s1. The lowest BCUT2D eigenvalue weighted by atomic mass is 10.1. The highest BCUT2D eigenvalue weighted by Gasteiger charge is 2.37. The van der Waals surface area contributed by atoms with Crippen LogP contribution in [0.1, 0.15) is 33.6 Å². The van der Waals surface area contributed by atoms with Crippen molar-refractivity contribution >= 4 is 33.8 Å². The number of fused-ring (bicyclic) bond motifs is 3. The number of rotatable bonds is 2. The third kappa shape index (κ3) is 3.87. The van der Waals surface area contributed by atoms with Gasteiger partial charge in [-0.1, -0.05) is 18.2 Å². The number of benzene rings is 2. The van der Waals surface area contributed by atoms with Gasteiger partial charge in [-0.05, 0) is 57.2 Å². The zero-order chi connectivity index (χ0) is 21.5. The summed E-state index contributed by atoms with van der Waals surface area (Å²) in [6, 6.07) is 11.4. The Balaban J connectivity index is 1.58. The van der Waals surface area contributed by atoms with Gasteiger partial charge in [0.1, 0.15) is 23.0 Å². The van der Waals surface area contributed by atoms with Crippen molar-refractivity contribution in [1.29, 1.82) is 0 Å². The molecule has 2 heterocycles. The van der Waals surface area contributed by atoms with Crippen LogP contribution in [0.5, 0.6) is 5.75 Å². The van der Waals surface area contributed by atoms with Crippen LogP contribution in [0.2, 0.25) is 0 Å². The Morgan fingerprint density at radius 2 is 1.80 bits per heavy atom. The van der Waals surface area contributed by atoms with Crippen LogP contribution in [0.4, 0.5) is 4.79 Å². The smallest absolute Gasteiger partial charge is 0.411 e. The van der Waals surface area contributed by atoms with Crippen LogP contribution in [0.25, 0.3) is 21.7 Å². The van der Waals surface area contributed by atoms with Crippen molar-refractivity contribution in [3.8, 4) is 5.75 Å². The molecule has 1 amide bonds. The first kappa shape index (κ1) is 19.9. The molecule has 7 nitrogen and oxygen atoms in total. The van der Waals surface area contributed by atoms with Gasteiger partial charge in [-0.15, -0.1) is 0 Å². The highest BCUT2D eigenvalue weighted by molar-refractivity contribution is 6.04. The molecule has 7 heteroatoms. The SMILES string of the molecule is CC(C)(C)OC(=O)N1CCC[C@@H]1C(=O)Oc1ccc2c(c1)oc(=O)c1ccccc12. The topological polar surface area (TPSA) is 86.1 Å². The first-order valence-electron chi connectivity index (χ1n) is 9.90. The first-order chi connectivity index (χ1) is 14.2. The van der Waals surface area contributed by atoms with E-state index >= 15 is 0 Å². The van der Waals surface area contributed by atoms with Gasteiger partial charge in [0.2, 0.25) is 0 Å². The van der Waals surface area contributed by atoms with Crippen molar-refractivity contribution < 1.29 is 23.5 Å². The van der Waals surface area contributed by atoms with Crippen molar-refractivity contribution in [3.63, 3.8) is 0 Å². The highest BCUT2D eigenvalue weighted by Crippen LogP contribution is 2.28. The summed E-state index contributed by atoms with van der Waals surface area (Å²) in [6.45, 7) is 5.77. The van der Waals surface area contributed by atoms with Gasteiger partial charge in [0, 0.05) is 18.0 Å². The second kappa shape index (κ2) is 7.48. The summed E-state index contributed by atoms with van der Waals surface area (Å²) in [5, 5.41) is 2.02. The normalized spacial score (nSPS) is 16.8. The predicted octanol–water partition coefficient (Wildman–Crippen LogP) is 4.25. The Morgan fingerprint density at radius 3 is 2.53 bits per heavy atom. The number of nitrogens with zero attached hydrogens (tertiary/aromatic N) is 1. The molecule has 1 aliphatic rings. The lowest BCUT2D eigenvalue weighted by Crippen LogP contribution is -2.44. The Morgan fingerprint density at radius 1 is 1.07 bits per heavy atom. The molecule has 0 spiro atoms. The largest absolute Gasteiger partial charge is 0.444 e. The van der Waals surface area contributed by atoms with Crippen molar-refractivity contribution in [2.75, 3.05) is 6.54 Å². The molecule has 0 bridgehead atoms. The highest BCUT2D eigenvalue weighted by atomic mass is 16.6. The number of carbonyl (C=O) groups excluding carboxylic acids is 2. The van der Waals surface area contributed by atoms with Crippen LogP contribution >= 0.6 is 0 Å². The monoisotopic (exact) mass is 409 g/mol. The number of carbonyl (C=O) groups is 2. The molecule has 156 valence electrons. The maximum Gasteiger partial charge on any atom is 0.411 e. The third-order valence-corrected chi connectivity index (χ3v) is 4.96. The summed E-state index contributed by atoms with van der Waals surface area (Å²) >= 11 is 0. The van der Waals surface area contributed by atoms with Crippen LogP contribution in [-0.4, -0.2) is 35.2 Å². The van der Waals surface area contributed by atoms with Gasteiger partial charge in [0.25, 0.3) is 0 Å². The molecule has 4 rings (SSSR count). The molecular weight excluding hydrogens is 386 g/mol. The van der Waals surface area contributed by atoms with E-state index in [4.69, 9.17) is 13.9 Å². The number of esters is 1. The maximum absolute atomic E-state index is 12.7. The van der Waals surface area contributed by atoms with E-state index in [-0.39, 0.29) is 5.75 Å². The lowest BCUT2D eigenvalue weighted by Gasteiger charge is -2.27. The fourth-order valence-electron chi connectivity index (χ4n) is 3.66. The summed E-state index contributed by atoms with van der Waals surface area (Å²) in [4.78, 5) is 38.8. The molecule has 1 aromatic heterocycles. The van der Waals surface area contributed by atoms with Crippen LogP contribution in [0.3, 0.4) is 0 Å². The van der Waals surface area contributed by atoms with Crippen molar-refractivity contribution in [3.05, 3.63) is 52.9 Å². The van der Waals surface area contributed by atoms with Crippen LogP contribution in [0.15, 0.2) is 51.7 Å². The summed E-state index contributed by atoms with van der Waals surface area (Å²) < 4.78 is 16.3. The molecule has 0 unspecified atom stereocenters. The molecule has 0 saturated carbocycles. The second-order valence-electron chi connectivity index (χ2n) is 8.35. The van der Waals surface area contributed by atoms with Crippen molar-refractivity contribution in [2.45, 2.75) is 45.3 Å². The molecule has 2 aromatic carbocycles. The molecule has 1 fully saturated rings. The number of ether oxygens (including phenoxy) is 2. The van der Waals surface area contributed by atoms with Gasteiger partial charge in [0.05, 0.1) is 5.39 Å². The fraction of sp³-hybridized carbons (Fsp3) is 0.348. The zero-order valence-electron chi connectivity index (χ0n) is 17.1. The molecular formula is C23H23NO6. The second-order valence-corrected chi connectivity index (χ2v) is 8.35. The minimum atomic E-state index is -0.709. The third-order valence-electron chi connectivity index (χ3n) is 4.96. The Bertz CT molecular complexity index is 1190. The van der Waals surface area contributed by atoms with Gasteiger partial charge in [-0.2, -0.15) is 0 Å². The van der Waals surface area contributed by atoms with E-state index < -0.39 is 29.3 Å². The van der Waals surface area contributed by atoms with Gasteiger partial charge < -0.3 is 13.9 Å². The minimum absolute atomic E-state index is 0.252. The van der Waals surface area contributed by atoms with Gasteiger partial charge in [0.15, 0.2) is 0 Å². The zero-order valence-corrected chi connectivity index (χ0v) is 17.1. The molecule has 0 N–H and O–H groups in total. The summed E-state index contributed by atoms with van der Waals surface area (Å²) in [7, 11) is 0. The Hall–Kier alpha value is -3.35. The molecule has 1 aliphatic heterocycles. The first-order valence-corrected chi connectivity index (χ1v) is 9.90. The van der Waals surface area contributed by atoms with E-state index in [2.05, 4.69) is 0 Å². The van der Waals surface area contributed by atoms with Gasteiger partial charge in [-0.3, -0.25) is 4.90 Å². The number of likely N-dealkylation sites (tertiary alicyclic amines) is 1. The maximum atomic E-state index is 12.7. The van der Waals surface area contributed by atoms with Gasteiger partial charge >= 0.3 is 17.7 Å². The average Bonchev–Trinajstić information content (AvgIpc) is 3.17. The molecule has 3 aromatic rings. The molecule has 1 saturated heterocycles. The van der Waals surface area contributed by atoms with Crippen LogP contribution in [-0.2, 0) is 9.53 Å². The van der Waals surface area contributed by atoms with E-state index in [1.54, 1.807) is 45.0 Å². The van der Waals surface area contributed by atoms with E-state index in [0.717, 1.165) is 10.8 Å². The summed E-state index contributed by atoms with van der Waals surface area (Å²) in [5.74, 6) is -0.289. The molecule has 0 radical (unpaired) electrons. The van der Waals surface area contributed by atoms with E-state index in [0.29, 0.717) is 30.4 Å². The average molecular weight is 409 g/mol. The quantitative estimate of drug-likeness (QED) is 0.272. The Labute approximate surface area is 173 Å². The number of hydrogen-bond acceptors (Lipinski definition) is 6. The minimum Gasteiger partial charge on any atom is -0.444 e.